The topological polar surface area (TPSA) is 49.7 Å². The second kappa shape index (κ2) is 7.89. The fraction of sp³-hybridized carbons (Fsp3) is 0.333. The molecule has 0 radical (unpaired) electrons. The van der Waals surface area contributed by atoms with Crippen LogP contribution in [-0.4, -0.2) is 30.0 Å². The molecule has 1 aromatic rings. The van der Waals surface area contributed by atoms with Crippen molar-refractivity contribution in [1.29, 1.82) is 0 Å². The molecule has 0 aliphatic rings. The molecule has 102 valence electrons. The van der Waals surface area contributed by atoms with Crippen LogP contribution in [0.5, 0.6) is 0 Å². The Bertz CT molecular complexity index is 550. The number of aliphatic imine (C=N–C) groups is 1. The highest BCUT2D eigenvalue weighted by Gasteiger charge is 2.22. The summed E-state index contributed by atoms with van der Waals surface area (Å²) >= 11 is 6.31. The number of nitrogens with zero attached hydrogens (tertiary/aromatic N) is 2. The van der Waals surface area contributed by atoms with Gasteiger partial charge >= 0.3 is 0 Å². The smallest absolute Gasteiger partial charge is 0.256 e. The van der Waals surface area contributed by atoms with Gasteiger partial charge in [0.2, 0.25) is 6.08 Å². The van der Waals surface area contributed by atoms with Crippen LogP contribution in [-0.2, 0) is 4.79 Å². The highest BCUT2D eigenvalue weighted by molar-refractivity contribution is 14.1. The van der Waals surface area contributed by atoms with Gasteiger partial charge in [-0.15, -0.1) is 0 Å². The lowest BCUT2D eigenvalue weighted by Crippen LogP contribution is -2.31. The minimum absolute atomic E-state index is 0.0300. The molecular weight excluding hydrogens is 585 g/mol. The lowest BCUT2D eigenvalue weighted by atomic mass is 10.1. The summed E-state index contributed by atoms with van der Waals surface area (Å²) in [5.74, 6) is -0.0300. The van der Waals surface area contributed by atoms with E-state index in [0.29, 0.717) is 27.9 Å². The Morgan fingerprint density at radius 1 is 1.26 bits per heavy atom. The van der Waals surface area contributed by atoms with Crippen molar-refractivity contribution < 1.29 is 9.59 Å². The standard InChI is InChI=1S/C12H11I3N2O2/c1-3-17(4-2)12(19)9-7(13)5-8(14)11(10(9)15)16-6-18/h5H,3-4H2,1-2H3. The number of benzene rings is 1. The van der Waals surface area contributed by atoms with Gasteiger partial charge in [0.05, 0.1) is 9.13 Å². The molecule has 1 aromatic carbocycles. The van der Waals surface area contributed by atoms with Crippen LogP contribution in [0.2, 0.25) is 0 Å². The van der Waals surface area contributed by atoms with Crippen molar-refractivity contribution in [3.63, 3.8) is 0 Å². The predicted octanol–water partition coefficient (Wildman–Crippen LogP) is 3.95. The molecule has 0 heterocycles. The maximum Gasteiger partial charge on any atom is 0.256 e. The van der Waals surface area contributed by atoms with Crippen LogP contribution in [0.15, 0.2) is 11.1 Å². The highest BCUT2D eigenvalue weighted by atomic mass is 127. The van der Waals surface area contributed by atoms with Gasteiger partial charge in [-0.1, -0.05) is 0 Å². The van der Waals surface area contributed by atoms with Crippen LogP contribution in [0.3, 0.4) is 0 Å². The van der Waals surface area contributed by atoms with Crippen LogP contribution < -0.4 is 0 Å². The van der Waals surface area contributed by atoms with Crippen molar-refractivity contribution in [2.75, 3.05) is 13.1 Å². The molecule has 4 nitrogen and oxygen atoms in total. The van der Waals surface area contributed by atoms with E-state index in [9.17, 15) is 9.59 Å². The average Bonchev–Trinajstić information content (AvgIpc) is 2.35. The second-order valence-electron chi connectivity index (χ2n) is 3.56. The zero-order chi connectivity index (χ0) is 14.6. The van der Waals surface area contributed by atoms with Gasteiger partial charge in [0.1, 0.15) is 5.69 Å². The molecule has 0 N–H and O–H groups in total. The normalized spacial score (nSPS) is 9.95. The van der Waals surface area contributed by atoms with Crippen molar-refractivity contribution in [2.45, 2.75) is 13.8 Å². The fourth-order valence-electron chi connectivity index (χ4n) is 1.59. The third kappa shape index (κ3) is 3.88. The van der Waals surface area contributed by atoms with E-state index in [1.807, 2.05) is 19.9 Å². The Morgan fingerprint density at radius 2 is 1.84 bits per heavy atom. The van der Waals surface area contributed by atoms with Crippen molar-refractivity contribution >= 4 is 85.4 Å². The quantitative estimate of drug-likeness (QED) is 0.301. The Labute approximate surface area is 152 Å². The molecule has 0 fully saturated rings. The molecule has 1 amide bonds. The molecule has 0 bridgehead atoms. The lowest BCUT2D eigenvalue weighted by Gasteiger charge is -2.21. The van der Waals surface area contributed by atoms with Gasteiger partial charge in [0.25, 0.3) is 5.91 Å². The van der Waals surface area contributed by atoms with E-state index in [-0.39, 0.29) is 5.91 Å². The molecule has 19 heavy (non-hydrogen) atoms. The van der Waals surface area contributed by atoms with Crippen LogP contribution in [0.1, 0.15) is 24.2 Å². The van der Waals surface area contributed by atoms with E-state index in [2.05, 4.69) is 72.8 Å². The van der Waals surface area contributed by atoms with Crippen LogP contribution in [0, 0.1) is 10.7 Å². The van der Waals surface area contributed by atoms with Gasteiger partial charge in [-0.3, -0.25) is 4.79 Å². The van der Waals surface area contributed by atoms with E-state index in [4.69, 9.17) is 0 Å². The predicted molar refractivity (Wildman–Crippen MR) is 99.6 cm³/mol. The Hall–Kier alpha value is 0.260. The van der Waals surface area contributed by atoms with Gasteiger partial charge in [0, 0.05) is 20.2 Å². The molecule has 0 saturated heterocycles. The molecule has 7 heteroatoms. The SMILES string of the molecule is CCN(CC)C(=O)c1c(I)cc(I)c(N=C=O)c1I. The monoisotopic (exact) mass is 596 g/mol. The van der Waals surface area contributed by atoms with Crippen molar-refractivity contribution in [2.24, 2.45) is 4.99 Å². The average molecular weight is 596 g/mol. The molecule has 0 atom stereocenters. The Kier molecular flexibility index (Phi) is 7.19. The molecule has 0 saturated carbocycles. The van der Waals surface area contributed by atoms with Crippen molar-refractivity contribution in [3.8, 4) is 0 Å². The summed E-state index contributed by atoms with van der Waals surface area (Å²) in [5, 5.41) is 0. The van der Waals surface area contributed by atoms with E-state index in [1.54, 1.807) is 11.0 Å². The van der Waals surface area contributed by atoms with E-state index in [1.165, 1.54) is 0 Å². The van der Waals surface area contributed by atoms with E-state index >= 15 is 0 Å². The zero-order valence-electron chi connectivity index (χ0n) is 10.3. The third-order valence-corrected chi connectivity index (χ3v) is 5.29. The number of rotatable bonds is 4. The van der Waals surface area contributed by atoms with Gasteiger partial charge in [-0.25, -0.2) is 4.79 Å². The molecule has 1 rings (SSSR count). The highest BCUT2D eigenvalue weighted by Crippen LogP contribution is 2.34. The van der Waals surface area contributed by atoms with Gasteiger partial charge < -0.3 is 4.90 Å². The largest absolute Gasteiger partial charge is 0.339 e. The minimum atomic E-state index is -0.0300. The fourth-order valence-corrected chi connectivity index (χ4v) is 5.67. The number of isocyanates is 1. The third-order valence-electron chi connectivity index (χ3n) is 2.57. The van der Waals surface area contributed by atoms with E-state index < -0.39 is 0 Å². The number of carbonyl (C=O) groups is 1. The minimum Gasteiger partial charge on any atom is -0.339 e. The summed E-state index contributed by atoms with van der Waals surface area (Å²) < 4.78 is 2.41. The molecule has 0 spiro atoms. The summed E-state index contributed by atoms with van der Waals surface area (Å²) in [5.41, 5.74) is 1.13. The summed E-state index contributed by atoms with van der Waals surface area (Å²) in [6.45, 7) is 5.19. The van der Waals surface area contributed by atoms with Crippen molar-refractivity contribution in [3.05, 3.63) is 22.3 Å². The van der Waals surface area contributed by atoms with Crippen molar-refractivity contribution in [1.82, 2.24) is 4.90 Å². The van der Waals surface area contributed by atoms with Gasteiger partial charge in [0.15, 0.2) is 0 Å². The number of carbonyl (C=O) groups excluding carboxylic acids is 2. The number of hydrogen-bond acceptors (Lipinski definition) is 3. The molecule has 0 aliphatic heterocycles. The molecular formula is C12H11I3N2O2. The first kappa shape index (κ1) is 17.3. The lowest BCUT2D eigenvalue weighted by molar-refractivity contribution is 0.0771. The number of hydrogen-bond donors (Lipinski definition) is 0. The summed E-state index contributed by atoms with van der Waals surface area (Å²) in [6.07, 6.45) is 1.55. The summed E-state index contributed by atoms with van der Waals surface area (Å²) in [7, 11) is 0. The summed E-state index contributed by atoms with van der Waals surface area (Å²) in [6, 6.07) is 1.86. The van der Waals surface area contributed by atoms with E-state index in [0.717, 1.165) is 7.14 Å². The second-order valence-corrected chi connectivity index (χ2v) is 6.96. The summed E-state index contributed by atoms with van der Waals surface area (Å²) in [4.78, 5) is 28.4. The Balaban J connectivity index is 3.47. The van der Waals surface area contributed by atoms with Crippen LogP contribution in [0.4, 0.5) is 5.69 Å². The molecule has 0 aromatic heterocycles. The first-order valence-electron chi connectivity index (χ1n) is 5.52. The number of halogens is 3. The molecule has 0 unspecified atom stereocenters. The maximum atomic E-state index is 12.5. The number of amides is 1. The van der Waals surface area contributed by atoms with Gasteiger partial charge in [-0.2, -0.15) is 4.99 Å². The Morgan fingerprint density at radius 3 is 2.32 bits per heavy atom. The first-order chi connectivity index (χ1) is 8.97. The van der Waals surface area contributed by atoms with Gasteiger partial charge in [-0.05, 0) is 87.7 Å². The van der Waals surface area contributed by atoms with Crippen LogP contribution >= 0.6 is 67.8 Å². The maximum absolute atomic E-state index is 12.5. The van der Waals surface area contributed by atoms with Crippen LogP contribution in [0.25, 0.3) is 0 Å². The molecule has 0 aliphatic carbocycles. The zero-order valence-corrected chi connectivity index (χ0v) is 16.8. The first-order valence-corrected chi connectivity index (χ1v) is 8.76.